The highest BCUT2D eigenvalue weighted by Crippen LogP contribution is 2.39. The number of hydrogen-bond donors (Lipinski definition) is 1. The molecular weight excluding hydrogens is 521 g/mol. The van der Waals surface area contributed by atoms with Crippen molar-refractivity contribution in [1.82, 2.24) is 0 Å². The first-order chi connectivity index (χ1) is 17.7. The van der Waals surface area contributed by atoms with Gasteiger partial charge in [-0.25, -0.2) is 8.42 Å². The van der Waals surface area contributed by atoms with Gasteiger partial charge >= 0.3 is 6.18 Å². The zero-order valence-electron chi connectivity index (χ0n) is 20.7. The molecule has 0 spiro atoms. The number of halogens is 3. The number of aliphatic hydroxyl groups is 1. The summed E-state index contributed by atoms with van der Waals surface area (Å²) in [6.07, 6.45) is -5.20. The van der Waals surface area contributed by atoms with Crippen LogP contribution in [-0.2, 0) is 15.6 Å². The summed E-state index contributed by atoms with van der Waals surface area (Å²) in [7, 11) is -4.01. The van der Waals surface area contributed by atoms with Crippen LogP contribution >= 0.6 is 0 Å². The number of aryl methyl sites for hydroxylation is 1. The van der Waals surface area contributed by atoms with Crippen LogP contribution in [0.15, 0.2) is 77.7 Å². The Morgan fingerprint density at radius 2 is 1.63 bits per heavy atom. The van der Waals surface area contributed by atoms with Crippen LogP contribution in [0.2, 0.25) is 0 Å². The first-order valence-corrected chi connectivity index (χ1v) is 12.9. The molecule has 1 atom stereocenters. The molecule has 11 heteroatoms. The molecule has 0 saturated carbocycles. The number of nitro groups is 1. The SMILES string of the molecule is Cc1cc([N+](=O)[O-])ccc1C#CC(O)(c1ccc(N(CC(C)C)S(=O)(=O)c2ccccc2)cc1)C(F)(F)F. The minimum atomic E-state index is -5.20. The number of benzene rings is 3. The summed E-state index contributed by atoms with van der Waals surface area (Å²) in [6, 6.07) is 15.5. The normalized spacial score (nSPS) is 13.4. The summed E-state index contributed by atoms with van der Waals surface area (Å²) in [5.74, 6) is 4.06. The molecule has 0 fully saturated rings. The van der Waals surface area contributed by atoms with E-state index in [0.29, 0.717) is 0 Å². The molecule has 7 nitrogen and oxygen atoms in total. The molecule has 0 heterocycles. The zero-order chi connectivity index (χ0) is 28.3. The maximum Gasteiger partial charge on any atom is 0.433 e. The van der Waals surface area contributed by atoms with Crippen LogP contribution in [0.4, 0.5) is 24.5 Å². The van der Waals surface area contributed by atoms with Gasteiger partial charge in [-0.2, -0.15) is 13.2 Å². The topological polar surface area (TPSA) is 101 Å². The Balaban J connectivity index is 2.05. The Labute approximate surface area is 218 Å². The van der Waals surface area contributed by atoms with E-state index in [-0.39, 0.29) is 39.9 Å². The Morgan fingerprint density at radius 1 is 1.03 bits per heavy atom. The molecule has 0 bridgehead atoms. The third-order valence-electron chi connectivity index (χ3n) is 5.64. The molecule has 0 aliphatic carbocycles. The average Bonchev–Trinajstić information content (AvgIpc) is 2.86. The lowest BCUT2D eigenvalue weighted by Gasteiger charge is -2.28. The van der Waals surface area contributed by atoms with Crippen molar-refractivity contribution in [2.24, 2.45) is 5.92 Å². The van der Waals surface area contributed by atoms with Crippen LogP contribution in [0.1, 0.15) is 30.5 Å². The molecule has 0 saturated heterocycles. The number of non-ortho nitro benzene ring substituents is 1. The molecule has 38 heavy (non-hydrogen) atoms. The van der Waals surface area contributed by atoms with E-state index in [4.69, 9.17) is 0 Å². The fourth-order valence-electron chi connectivity index (χ4n) is 3.63. The van der Waals surface area contributed by atoms with Crippen molar-refractivity contribution in [2.75, 3.05) is 10.8 Å². The minimum Gasteiger partial charge on any atom is -0.366 e. The highest BCUT2D eigenvalue weighted by atomic mass is 32.2. The van der Waals surface area contributed by atoms with E-state index in [2.05, 4.69) is 5.92 Å². The summed E-state index contributed by atoms with van der Waals surface area (Å²) >= 11 is 0. The average molecular weight is 547 g/mol. The summed E-state index contributed by atoms with van der Waals surface area (Å²) < 4.78 is 69.9. The van der Waals surface area contributed by atoms with E-state index < -0.39 is 32.3 Å². The fraction of sp³-hybridized carbons (Fsp3) is 0.259. The zero-order valence-corrected chi connectivity index (χ0v) is 21.5. The van der Waals surface area contributed by atoms with Crippen molar-refractivity contribution in [3.05, 3.63) is 99.6 Å². The van der Waals surface area contributed by atoms with Gasteiger partial charge in [0, 0.05) is 29.8 Å². The second-order valence-corrected chi connectivity index (χ2v) is 10.9. The molecular formula is C27H25F3N2O5S. The van der Waals surface area contributed by atoms with Crippen LogP contribution < -0.4 is 4.31 Å². The van der Waals surface area contributed by atoms with Crippen molar-refractivity contribution >= 4 is 21.4 Å². The van der Waals surface area contributed by atoms with Gasteiger partial charge in [0.2, 0.25) is 5.60 Å². The molecule has 0 aromatic heterocycles. The van der Waals surface area contributed by atoms with Crippen molar-refractivity contribution in [3.63, 3.8) is 0 Å². The predicted molar refractivity (Wildman–Crippen MR) is 137 cm³/mol. The monoisotopic (exact) mass is 546 g/mol. The number of anilines is 1. The quantitative estimate of drug-likeness (QED) is 0.238. The van der Waals surface area contributed by atoms with E-state index in [1.165, 1.54) is 43.3 Å². The van der Waals surface area contributed by atoms with E-state index in [0.717, 1.165) is 22.5 Å². The van der Waals surface area contributed by atoms with Crippen molar-refractivity contribution in [2.45, 2.75) is 37.4 Å². The number of sulfonamides is 1. The van der Waals surface area contributed by atoms with Gasteiger partial charge in [0.05, 0.1) is 15.5 Å². The number of nitrogens with zero attached hydrogens (tertiary/aromatic N) is 2. The third kappa shape index (κ3) is 5.98. The highest BCUT2D eigenvalue weighted by Gasteiger charge is 2.54. The first-order valence-electron chi connectivity index (χ1n) is 11.4. The smallest absolute Gasteiger partial charge is 0.366 e. The Bertz CT molecular complexity index is 1480. The number of rotatable bonds is 7. The van der Waals surface area contributed by atoms with Crippen LogP contribution in [0.25, 0.3) is 0 Å². The van der Waals surface area contributed by atoms with Gasteiger partial charge in [-0.3, -0.25) is 14.4 Å². The van der Waals surface area contributed by atoms with Crippen molar-refractivity contribution in [1.29, 1.82) is 0 Å². The molecule has 0 aliphatic heterocycles. The Kier molecular flexibility index (Phi) is 8.19. The molecule has 3 rings (SSSR count). The molecule has 3 aromatic rings. The number of hydrogen-bond acceptors (Lipinski definition) is 5. The maximum absolute atomic E-state index is 14.1. The van der Waals surface area contributed by atoms with E-state index in [1.54, 1.807) is 32.0 Å². The second kappa shape index (κ2) is 10.8. The van der Waals surface area contributed by atoms with Gasteiger partial charge in [0.15, 0.2) is 0 Å². The third-order valence-corrected chi connectivity index (χ3v) is 7.45. The largest absolute Gasteiger partial charge is 0.433 e. The van der Waals surface area contributed by atoms with E-state index in [1.807, 2.05) is 5.92 Å². The summed E-state index contributed by atoms with van der Waals surface area (Å²) in [5, 5.41) is 21.6. The van der Waals surface area contributed by atoms with Gasteiger partial charge in [0.1, 0.15) is 0 Å². The van der Waals surface area contributed by atoms with Crippen LogP contribution in [-0.4, -0.2) is 31.2 Å². The Hall–Kier alpha value is -3.88. The van der Waals surface area contributed by atoms with Gasteiger partial charge < -0.3 is 5.11 Å². The fourth-order valence-corrected chi connectivity index (χ4v) is 5.28. The summed E-state index contributed by atoms with van der Waals surface area (Å²) in [6.45, 7) is 5.13. The summed E-state index contributed by atoms with van der Waals surface area (Å²) in [5.41, 5.74) is -3.97. The molecule has 1 unspecified atom stereocenters. The van der Waals surface area contributed by atoms with Crippen LogP contribution in [0, 0.1) is 34.8 Å². The summed E-state index contributed by atoms with van der Waals surface area (Å²) in [4.78, 5) is 10.3. The second-order valence-electron chi connectivity index (χ2n) is 9.00. The number of nitro benzene ring substituents is 1. The maximum atomic E-state index is 14.1. The number of alkyl halides is 3. The lowest BCUT2D eigenvalue weighted by molar-refractivity contribution is -0.384. The van der Waals surface area contributed by atoms with E-state index in [9.17, 15) is 36.8 Å². The molecule has 0 radical (unpaired) electrons. The molecule has 200 valence electrons. The molecule has 0 amide bonds. The lowest BCUT2D eigenvalue weighted by Crippen LogP contribution is -2.41. The molecule has 1 N–H and O–H groups in total. The van der Waals surface area contributed by atoms with Gasteiger partial charge in [-0.15, -0.1) is 0 Å². The van der Waals surface area contributed by atoms with Crippen molar-refractivity contribution < 1.29 is 31.6 Å². The van der Waals surface area contributed by atoms with Crippen LogP contribution in [0.3, 0.4) is 0 Å². The van der Waals surface area contributed by atoms with Crippen molar-refractivity contribution in [3.8, 4) is 11.8 Å². The van der Waals surface area contributed by atoms with Gasteiger partial charge in [-0.1, -0.05) is 50.1 Å². The first kappa shape index (κ1) is 28.7. The lowest BCUT2D eigenvalue weighted by atomic mass is 9.92. The van der Waals surface area contributed by atoms with Gasteiger partial charge in [-0.05, 0) is 54.7 Å². The standard InChI is InChI=1S/C27H25F3N2O5S/c1-19(2)18-31(38(36,37)25-7-5-4-6-8-25)23-13-10-22(11-14-23)26(33,27(28,29)30)16-15-21-9-12-24(32(34)35)17-20(21)3/h4-14,17,19,33H,18H2,1-3H3. The minimum absolute atomic E-state index is 0.0286. The highest BCUT2D eigenvalue weighted by molar-refractivity contribution is 7.92. The van der Waals surface area contributed by atoms with Gasteiger partial charge in [0.25, 0.3) is 15.7 Å². The molecule has 0 aliphatic rings. The molecule has 3 aromatic carbocycles. The Morgan fingerprint density at radius 3 is 2.13 bits per heavy atom. The predicted octanol–water partition coefficient (Wildman–Crippen LogP) is 5.56. The van der Waals surface area contributed by atoms with Crippen LogP contribution in [0.5, 0.6) is 0 Å². The van der Waals surface area contributed by atoms with E-state index >= 15 is 0 Å².